The molecule has 1 saturated heterocycles. The number of ether oxygens (including phenoxy) is 2. The number of carbonyl (C=O) groups excluding carboxylic acids is 10. The van der Waals surface area contributed by atoms with Gasteiger partial charge in [-0.2, -0.15) is 11.8 Å². The zero-order chi connectivity index (χ0) is 61.8. The number of hydrogen-bond acceptors (Lipinski definition) is 18. The topological polar surface area (TPSA) is 386 Å². The summed E-state index contributed by atoms with van der Waals surface area (Å²) in [6, 6.07) is -3.13. The molecule has 8 amide bonds. The molecule has 3 aliphatic rings. The number of oxime groups is 1. The number of fused-ring (bicyclic) bond motifs is 5. The maximum absolute atomic E-state index is 15.3. The first-order valence-corrected chi connectivity index (χ1v) is 31.1. The Hall–Kier alpha value is -6.65. The molecule has 1 aromatic carbocycles. The predicted molar refractivity (Wildman–Crippen MR) is 311 cm³/mol. The van der Waals surface area contributed by atoms with Crippen molar-refractivity contribution in [3.8, 4) is 5.75 Å². The van der Waals surface area contributed by atoms with Crippen molar-refractivity contribution in [3.63, 3.8) is 0 Å². The number of nitrogens with two attached hydrogens (primary N) is 1. The highest BCUT2D eigenvalue weighted by Gasteiger charge is 2.44. The lowest BCUT2D eigenvalue weighted by Gasteiger charge is -2.32. The van der Waals surface area contributed by atoms with E-state index in [0.29, 0.717) is 79.3 Å². The lowest BCUT2D eigenvalue weighted by molar-refractivity contribution is -0.143. The molecular formula is C56H84N10O16S2. The molecule has 466 valence electrons. The number of nitrogens with one attached hydrogen (secondary N) is 7. The van der Waals surface area contributed by atoms with Gasteiger partial charge in [0.2, 0.25) is 53.2 Å². The third kappa shape index (κ3) is 19.2. The van der Waals surface area contributed by atoms with Gasteiger partial charge in [-0.3, -0.25) is 52.2 Å². The molecule has 0 aliphatic carbocycles. The Kier molecular flexibility index (Phi) is 26.9. The quantitative estimate of drug-likeness (QED) is 0.0344. The van der Waals surface area contributed by atoms with E-state index in [4.69, 9.17) is 20.0 Å². The molecule has 3 aliphatic heterocycles. The molecule has 0 saturated carbocycles. The largest absolute Gasteiger partial charge is 0.496 e. The lowest BCUT2D eigenvalue weighted by Crippen LogP contribution is -2.60. The number of aliphatic hydroxyl groups is 2. The van der Waals surface area contributed by atoms with Gasteiger partial charge in [0.25, 0.3) is 0 Å². The van der Waals surface area contributed by atoms with E-state index in [0.717, 1.165) is 11.3 Å². The molecule has 0 spiro atoms. The van der Waals surface area contributed by atoms with Crippen LogP contribution in [-0.4, -0.2) is 184 Å². The number of aromatic amines is 1. The number of aliphatic hydroxyl groups excluding tert-OH is 2. The number of carbonyl (C=O) groups is 10. The van der Waals surface area contributed by atoms with E-state index in [2.05, 4.69) is 42.0 Å². The number of nitrogens with zero attached hydrogens (tertiary/aromatic N) is 2. The molecule has 28 heteroatoms. The van der Waals surface area contributed by atoms with Gasteiger partial charge >= 0.3 is 0 Å². The van der Waals surface area contributed by atoms with Crippen LogP contribution in [0.3, 0.4) is 0 Å². The van der Waals surface area contributed by atoms with E-state index in [1.54, 1.807) is 39.8 Å². The number of aromatic nitrogens is 1. The highest BCUT2D eigenvalue weighted by Crippen LogP contribution is 2.37. The van der Waals surface area contributed by atoms with Crippen molar-refractivity contribution in [1.29, 1.82) is 0 Å². The Morgan fingerprint density at radius 1 is 0.952 bits per heavy atom. The summed E-state index contributed by atoms with van der Waals surface area (Å²) >= 11 is 1.43. The minimum Gasteiger partial charge on any atom is -0.496 e. The highest BCUT2D eigenvalue weighted by molar-refractivity contribution is 7.98. The second-order valence-corrected chi connectivity index (χ2v) is 24.3. The van der Waals surface area contributed by atoms with Crippen molar-refractivity contribution in [2.24, 2.45) is 40.5 Å². The van der Waals surface area contributed by atoms with Gasteiger partial charge in [-0.05, 0) is 68.6 Å². The number of unbranched alkanes of at least 4 members (excludes halogenated alkanes) is 2. The van der Waals surface area contributed by atoms with Crippen LogP contribution in [0.4, 0.5) is 0 Å². The van der Waals surface area contributed by atoms with Gasteiger partial charge in [-0.15, -0.1) is 0 Å². The summed E-state index contributed by atoms with van der Waals surface area (Å²) in [5.41, 5.74) is 6.79. The Labute approximate surface area is 495 Å². The van der Waals surface area contributed by atoms with Crippen molar-refractivity contribution in [1.82, 2.24) is 41.8 Å². The fourth-order valence-electron chi connectivity index (χ4n) is 10.5. The van der Waals surface area contributed by atoms with Crippen molar-refractivity contribution >= 4 is 98.2 Å². The molecule has 84 heavy (non-hydrogen) atoms. The molecule has 4 heterocycles. The fourth-order valence-corrected chi connectivity index (χ4v) is 12.7. The number of rotatable bonds is 21. The molecule has 5 rings (SSSR count). The number of Topliss-reactive ketones (excluding diaryl/α,β-unsaturated/α-hetero) is 2. The van der Waals surface area contributed by atoms with E-state index < -0.39 is 156 Å². The molecule has 2 aromatic rings. The normalized spacial score (nSPS) is 24.8. The average Bonchev–Trinajstić information content (AvgIpc) is 3.82. The van der Waals surface area contributed by atoms with E-state index in [1.165, 1.54) is 25.8 Å². The van der Waals surface area contributed by atoms with Crippen molar-refractivity contribution in [3.05, 3.63) is 23.3 Å². The van der Waals surface area contributed by atoms with Crippen molar-refractivity contribution in [2.45, 2.75) is 147 Å². The van der Waals surface area contributed by atoms with Crippen LogP contribution in [-0.2, 0) is 80.5 Å². The van der Waals surface area contributed by atoms with E-state index in [1.807, 2.05) is 6.92 Å². The van der Waals surface area contributed by atoms with Crippen molar-refractivity contribution < 1.29 is 76.7 Å². The van der Waals surface area contributed by atoms with Gasteiger partial charge in [0.05, 0.1) is 74.0 Å². The average molecular weight is 1220 g/mol. The Morgan fingerprint density at radius 2 is 1.69 bits per heavy atom. The first-order valence-electron chi connectivity index (χ1n) is 28.6. The van der Waals surface area contributed by atoms with Crippen LogP contribution in [0.2, 0.25) is 0 Å². The van der Waals surface area contributed by atoms with Crippen LogP contribution in [0, 0.1) is 29.6 Å². The number of H-pyrrole nitrogens is 1. The monoisotopic (exact) mass is 1220 g/mol. The van der Waals surface area contributed by atoms with Crippen LogP contribution in [0.5, 0.6) is 5.75 Å². The van der Waals surface area contributed by atoms with Crippen LogP contribution in [0.25, 0.3) is 10.9 Å². The van der Waals surface area contributed by atoms with Crippen LogP contribution in [0.1, 0.15) is 110 Å². The minimum absolute atomic E-state index is 0.0444. The number of benzene rings is 1. The zero-order valence-corrected chi connectivity index (χ0v) is 50.6. The summed E-state index contributed by atoms with van der Waals surface area (Å²) in [7, 11) is -0.925. The van der Waals surface area contributed by atoms with Crippen molar-refractivity contribution in [2.75, 3.05) is 64.6 Å². The van der Waals surface area contributed by atoms with Crippen LogP contribution >= 0.6 is 11.8 Å². The number of ketones is 2. The van der Waals surface area contributed by atoms with Crippen LogP contribution in [0.15, 0.2) is 22.3 Å². The molecule has 1 fully saturated rings. The van der Waals surface area contributed by atoms with Gasteiger partial charge in [-0.1, -0.05) is 39.3 Å². The summed E-state index contributed by atoms with van der Waals surface area (Å²) in [4.78, 5) is 150. The van der Waals surface area contributed by atoms with Gasteiger partial charge in [0.15, 0.2) is 11.6 Å². The maximum atomic E-state index is 15.3. The summed E-state index contributed by atoms with van der Waals surface area (Å²) in [5.74, 6) is -11.4. The summed E-state index contributed by atoms with van der Waals surface area (Å²) < 4.78 is 26.4. The molecule has 0 radical (unpaired) electrons. The number of amides is 8. The lowest BCUT2D eigenvalue weighted by atomic mass is 9.85. The highest BCUT2D eigenvalue weighted by atomic mass is 32.2. The number of primary amides is 1. The molecule has 1 unspecified atom stereocenters. The SMILES string of the molecule is CCO/C(C)=N\OCCCCCC(=O)NCCSCc1c(OC)ccc2c3c([nH]c12)S(=O)C[C@@H]1NC(=O)CNC(=O)[C@H]([C@@H](C)CC)CC(=O)CNC(=O)[C@@H](CC(=O)[C@H]([C@@H](C)[C@@H](O)CO)NC(=O)[C@@H]2C[C@@H](C)CN2C(=O)[C@H](CC(N)=O)NC1=O)C3. The predicted octanol–water partition coefficient (Wildman–Crippen LogP) is 0.135. The number of thioether (sulfide) groups is 1. The Bertz CT molecular complexity index is 2760. The summed E-state index contributed by atoms with van der Waals surface area (Å²) in [6.45, 7) is 9.20. The molecule has 2 bridgehead atoms. The van der Waals surface area contributed by atoms with E-state index >= 15 is 9.00 Å². The zero-order valence-electron chi connectivity index (χ0n) is 49.0. The fraction of sp³-hybridized carbons (Fsp3) is 0.661. The van der Waals surface area contributed by atoms with Gasteiger partial charge in [0, 0.05) is 79.5 Å². The van der Waals surface area contributed by atoms with E-state index in [-0.39, 0.29) is 54.0 Å². The molecule has 11 N–H and O–H groups in total. The Balaban J connectivity index is 1.62. The van der Waals surface area contributed by atoms with E-state index in [9.17, 15) is 53.4 Å². The third-order valence-electron chi connectivity index (χ3n) is 15.4. The standard InChI is InChI=1S/C56H84N10O16S2/c1-8-31(4)37-22-35(68)24-59-51(74)34-20-38-36-14-15-45(80-7)39(28-83-18-16-58-47(72)13-11-10-12-17-82-65-33(6)81-9-2)50(36)64-55(38)84(79)29-41(61-48(73)25-60-52(37)75)53(76)62-40(23-46(57)71)56(78)66-26-30(3)19-42(66)54(77)63-49(43(69)21-34)32(5)44(70)27-67/h14-15,30-32,34,37,40-42,44,49,64,67,70H,8-13,16-29H2,1-7H3,(H2,57,71)(H,58,72)(H,59,74)(H,60,75)(H,61,73)(H,62,76)(H,63,77)/b65-33-/t30-,31+,32+,34-,37+,40+,41+,42+,44+,49+,84?/m1/s1. The summed E-state index contributed by atoms with van der Waals surface area (Å²) in [6.07, 6.45) is -0.937. The minimum atomic E-state index is -2.38. The second kappa shape index (κ2) is 33.2. The molecule has 11 atom stereocenters. The number of methoxy groups -OCH3 is 1. The first-order chi connectivity index (χ1) is 40.0. The second-order valence-electron chi connectivity index (χ2n) is 21.7. The number of hydrogen-bond donors (Lipinski definition) is 10. The first kappa shape index (κ1) is 68.1. The smallest absolute Gasteiger partial charge is 0.246 e. The maximum Gasteiger partial charge on any atom is 0.246 e. The third-order valence-corrected chi connectivity index (χ3v) is 17.8. The molecule has 1 aromatic heterocycles. The van der Waals surface area contributed by atoms with Gasteiger partial charge < -0.3 is 72.0 Å². The summed E-state index contributed by atoms with van der Waals surface area (Å²) in [5, 5.41) is 41.2. The molecular weight excluding hydrogens is 1130 g/mol. The van der Waals surface area contributed by atoms with Gasteiger partial charge in [0.1, 0.15) is 35.5 Å². The van der Waals surface area contributed by atoms with Crippen LogP contribution < -0.4 is 42.4 Å². The molecule has 26 nitrogen and oxygen atoms in total. The Morgan fingerprint density at radius 3 is 2.38 bits per heavy atom. The van der Waals surface area contributed by atoms with Gasteiger partial charge in [-0.25, -0.2) is 0 Å².